The molecule has 54 heavy (non-hydrogen) atoms. The highest BCUT2D eigenvalue weighted by atomic mass is 19.4. The summed E-state index contributed by atoms with van der Waals surface area (Å²) in [5, 5.41) is 13.0. The Hall–Kier alpha value is -5.49. The van der Waals surface area contributed by atoms with Crippen LogP contribution in [-0.4, -0.2) is 118 Å². The van der Waals surface area contributed by atoms with Crippen LogP contribution in [0.3, 0.4) is 0 Å². The van der Waals surface area contributed by atoms with E-state index in [0.717, 1.165) is 37.3 Å². The SMILES string of the molecule is Cc1ccc(NC(=O)c2cc(N3CCN(C(=O)OC(C)(C)C)CC3)cc(C(F)(F)F)c2)cc1N(c1cc(NCCN2CCOCC2)ncn1)c1ncn[nH]1. The lowest BCUT2D eigenvalue weighted by Crippen LogP contribution is -2.50. The fourth-order valence-electron chi connectivity index (χ4n) is 6.08. The van der Waals surface area contributed by atoms with Crippen molar-refractivity contribution in [1.82, 2.24) is 34.9 Å². The summed E-state index contributed by atoms with van der Waals surface area (Å²) in [7, 11) is 0. The van der Waals surface area contributed by atoms with E-state index in [1.54, 1.807) is 54.8 Å². The molecule has 2 aromatic carbocycles. The molecule has 2 aromatic heterocycles. The molecule has 6 rings (SSSR count). The number of ether oxygens (including phenoxy) is 2. The predicted octanol–water partition coefficient (Wildman–Crippen LogP) is 5.45. The van der Waals surface area contributed by atoms with E-state index in [2.05, 4.69) is 40.7 Å². The minimum absolute atomic E-state index is 0.174. The predicted molar refractivity (Wildman–Crippen MR) is 197 cm³/mol. The molecule has 0 atom stereocenters. The summed E-state index contributed by atoms with van der Waals surface area (Å²) in [5.41, 5.74) is 0.105. The first-order chi connectivity index (χ1) is 25.7. The number of nitrogens with one attached hydrogen (secondary N) is 3. The second kappa shape index (κ2) is 16.3. The maximum absolute atomic E-state index is 14.1. The average Bonchev–Trinajstić information content (AvgIpc) is 3.67. The minimum Gasteiger partial charge on any atom is -0.444 e. The number of alkyl halides is 3. The number of carbonyl (C=O) groups excluding carboxylic acids is 2. The highest BCUT2D eigenvalue weighted by molar-refractivity contribution is 6.05. The zero-order valence-corrected chi connectivity index (χ0v) is 30.6. The van der Waals surface area contributed by atoms with Gasteiger partial charge in [-0.05, 0) is 63.6 Å². The van der Waals surface area contributed by atoms with Gasteiger partial charge in [-0.3, -0.25) is 14.6 Å². The van der Waals surface area contributed by atoms with E-state index in [1.165, 1.54) is 23.6 Å². The molecule has 0 unspecified atom stereocenters. The molecule has 18 heteroatoms. The number of amides is 2. The molecular weight excluding hydrogens is 707 g/mol. The van der Waals surface area contributed by atoms with Crippen LogP contribution in [0, 0.1) is 6.92 Å². The fourth-order valence-corrected chi connectivity index (χ4v) is 6.08. The first-order valence-electron chi connectivity index (χ1n) is 17.6. The van der Waals surface area contributed by atoms with Gasteiger partial charge >= 0.3 is 12.3 Å². The third kappa shape index (κ3) is 9.73. The zero-order chi connectivity index (χ0) is 38.5. The molecule has 0 aliphatic carbocycles. The van der Waals surface area contributed by atoms with Crippen molar-refractivity contribution in [1.29, 1.82) is 0 Å². The van der Waals surface area contributed by atoms with Gasteiger partial charge in [0.05, 0.1) is 24.5 Å². The van der Waals surface area contributed by atoms with E-state index in [0.29, 0.717) is 48.7 Å². The van der Waals surface area contributed by atoms with Gasteiger partial charge in [-0.15, -0.1) is 0 Å². The number of carbonyl (C=O) groups is 2. The molecule has 4 heterocycles. The number of halogens is 3. The summed E-state index contributed by atoms with van der Waals surface area (Å²) in [6, 6.07) is 10.2. The number of hydrogen-bond donors (Lipinski definition) is 3. The molecule has 0 spiro atoms. The smallest absolute Gasteiger partial charge is 0.416 e. The van der Waals surface area contributed by atoms with Crippen molar-refractivity contribution in [3.63, 3.8) is 0 Å². The summed E-state index contributed by atoms with van der Waals surface area (Å²) in [5.74, 6) is 0.654. The number of piperazine rings is 1. The Morgan fingerprint density at radius 1 is 0.944 bits per heavy atom. The highest BCUT2D eigenvalue weighted by Crippen LogP contribution is 2.37. The number of rotatable bonds is 10. The first-order valence-corrected chi connectivity index (χ1v) is 17.6. The maximum atomic E-state index is 14.1. The summed E-state index contributed by atoms with van der Waals surface area (Å²) in [6.07, 6.45) is -2.40. The van der Waals surface area contributed by atoms with Gasteiger partial charge in [-0.2, -0.15) is 23.3 Å². The number of anilines is 6. The first kappa shape index (κ1) is 38.2. The van der Waals surface area contributed by atoms with Crippen molar-refractivity contribution < 1.29 is 32.2 Å². The molecule has 3 N–H and O–H groups in total. The molecule has 2 saturated heterocycles. The lowest BCUT2D eigenvalue weighted by atomic mass is 10.1. The number of aromatic amines is 1. The van der Waals surface area contributed by atoms with Crippen LogP contribution < -0.4 is 20.4 Å². The molecule has 0 radical (unpaired) electrons. The number of H-pyrrole nitrogens is 1. The van der Waals surface area contributed by atoms with E-state index in [-0.39, 0.29) is 37.4 Å². The molecule has 0 saturated carbocycles. The van der Waals surface area contributed by atoms with Crippen LogP contribution in [0.25, 0.3) is 0 Å². The van der Waals surface area contributed by atoms with E-state index in [9.17, 15) is 22.8 Å². The van der Waals surface area contributed by atoms with Gasteiger partial charge in [0.1, 0.15) is 29.9 Å². The number of aryl methyl sites for hydroxylation is 1. The third-order valence-corrected chi connectivity index (χ3v) is 8.85. The van der Waals surface area contributed by atoms with Crippen LogP contribution in [0.4, 0.5) is 52.6 Å². The second-order valence-electron chi connectivity index (χ2n) is 14.0. The molecule has 2 aliphatic heterocycles. The van der Waals surface area contributed by atoms with Crippen LogP contribution in [0.5, 0.6) is 0 Å². The van der Waals surface area contributed by atoms with E-state index < -0.39 is 29.3 Å². The molecule has 2 fully saturated rings. The summed E-state index contributed by atoms with van der Waals surface area (Å²) in [4.78, 5) is 46.7. The number of aromatic nitrogens is 5. The van der Waals surface area contributed by atoms with Gasteiger partial charge in [0.15, 0.2) is 0 Å². The Balaban J connectivity index is 1.21. The standard InChI is InChI=1S/C36H44F3N11O4/c1-24-5-6-27(20-29(24)50(33-43-23-44-46-33)31-21-30(41-22-42-31)40-7-8-47-13-15-53-16-14-47)45-32(51)25-17-26(36(37,38)39)19-28(18-25)48-9-11-49(12-10-48)34(52)54-35(2,3)4/h5-6,17-23H,7-16H2,1-4H3,(H,45,51)(H,40,41,42)(H,43,44,46). The topological polar surface area (TPSA) is 157 Å². The molecule has 15 nitrogen and oxygen atoms in total. The lowest BCUT2D eigenvalue weighted by Gasteiger charge is -2.37. The normalized spacial score (nSPS) is 15.5. The quantitative estimate of drug-likeness (QED) is 0.189. The van der Waals surface area contributed by atoms with Gasteiger partial charge < -0.3 is 29.9 Å². The Bertz CT molecular complexity index is 1910. The van der Waals surface area contributed by atoms with E-state index >= 15 is 0 Å². The fraction of sp³-hybridized carbons (Fsp3) is 0.444. The summed E-state index contributed by atoms with van der Waals surface area (Å²) < 4.78 is 53.3. The molecule has 0 bridgehead atoms. The zero-order valence-electron chi connectivity index (χ0n) is 30.6. The minimum atomic E-state index is -4.70. The van der Waals surface area contributed by atoms with Crippen molar-refractivity contribution in [3.05, 3.63) is 71.8 Å². The van der Waals surface area contributed by atoms with Crippen LogP contribution in [0.2, 0.25) is 0 Å². The van der Waals surface area contributed by atoms with Crippen molar-refractivity contribution in [2.45, 2.75) is 39.5 Å². The molecular formula is C36H44F3N11O4. The van der Waals surface area contributed by atoms with Gasteiger partial charge in [-0.25, -0.2) is 19.9 Å². The van der Waals surface area contributed by atoms with Crippen molar-refractivity contribution in [2.24, 2.45) is 0 Å². The Labute approximate surface area is 310 Å². The van der Waals surface area contributed by atoms with Gasteiger partial charge in [0.2, 0.25) is 5.95 Å². The second-order valence-corrected chi connectivity index (χ2v) is 14.0. The molecule has 4 aromatic rings. The van der Waals surface area contributed by atoms with Gasteiger partial charge in [-0.1, -0.05) is 6.07 Å². The monoisotopic (exact) mass is 751 g/mol. The Kier molecular flexibility index (Phi) is 11.5. The number of benzene rings is 2. The molecule has 2 aliphatic rings. The van der Waals surface area contributed by atoms with Crippen LogP contribution >= 0.6 is 0 Å². The van der Waals surface area contributed by atoms with Crippen molar-refractivity contribution in [2.75, 3.05) is 86.0 Å². The number of hydrogen-bond acceptors (Lipinski definition) is 12. The third-order valence-electron chi connectivity index (χ3n) is 8.85. The van der Waals surface area contributed by atoms with E-state index in [4.69, 9.17) is 9.47 Å². The van der Waals surface area contributed by atoms with Crippen molar-refractivity contribution >= 4 is 46.6 Å². The number of morpholine rings is 1. The largest absolute Gasteiger partial charge is 0.444 e. The van der Waals surface area contributed by atoms with Crippen LogP contribution in [0.15, 0.2) is 55.1 Å². The number of nitrogens with zero attached hydrogens (tertiary/aromatic N) is 8. The molecule has 288 valence electrons. The molecule has 2 amide bonds. The Morgan fingerprint density at radius 2 is 1.70 bits per heavy atom. The van der Waals surface area contributed by atoms with Gasteiger partial charge in [0, 0.05) is 75.4 Å². The van der Waals surface area contributed by atoms with E-state index in [1.807, 2.05) is 6.92 Å². The maximum Gasteiger partial charge on any atom is 0.416 e. The van der Waals surface area contributed by atoms with Crippen LogP contribution in [-0.2, 0) is 15.7 Å². The average molecular weight is 752 g/mol. The highest BCUT2D eigenvalue weighted by Gasteiger charge is 2.33. The lowest BCUT2D eigenvalue weighted by molar-refractivity contribution is -0.137. The van der Waals surface area contributed by atoms with Gasteiger partial charge in [0.25, 0.3) is 5.91 Å². The summed E-state index contributed by atoms with van der Waals surface area (Å²) in [6.45, 7) is 12.8. The van der Waals surface area contributed by atoms with Crippen LogP contribution in [0.1, 0.15) is 42.3 Å². The Morgan fingerprint density at radius 3 is 2.39 bits per heavy atom. The summed E-state index contributed by atoms with van der Waals surface area (Å²) >= 11 is 0. The van der Waals surface area contributed by atoms with Crippen molar-refractivity contribution in [3.8, 4) is 0 Å².